The van der Waals surface area contributed by atoms with Crippen molar-refractivity contribution in [1.29, 1.82) is 0 Å². The minimum Gasteiger partial charge on any atom is -0.508 e. The van der Waals surface area contributed by atoms with Gasteiger partial charge in [0.1, 0.15) is 11.5 Å². The van der Waals surface area contributed by atoms with E-state index in [0.29, 0.717) is 5.75 Å². The molecule has 1 fully saturated rings. The van der Waals surface area contributed by atoms with Crippen LogP contribution in [0.4, 0.5) is 0 Å². The number of hydrogen-bond acceptors (Lipinski definition) is 3. The molecule has 0 aromatic heterocycles. The number of benzene rings is 1. The van der Waals surface area contributed by atoms with Gasteiger partial charge < -0.3 is 15.6 Å². The van der Waals surface area contributed by atoms with Crippen LogP contribution in [0.3, 0.4) is 0 Å². The van der Waals surface area contributed by atoms with E-state index < -0.39 is 0 Å². The van der Waals surface area contributed by atoms with Gasteiger partial charge in [0, 0.05) is 17.0 Å². The molecule has 88 valence electrons. The van der Waals surface area contributed by atoms with E-state index in [4.69, 9.17) is 10.5 Å². The van der Waals surface area contributed by atoms with Crippen LogP contribution >= 0.6 is 15.9 Å². The van der Waals surface area contributed by atoms with Crippen molar-refractivity contribution in [2.75, 3.05) is 7.11 Å². The van der Waals surface area contributed by atoms with Crippen LogP contribution in [-0.4, -0.2) is 18.3 Å². The highest BCUT2D eigenvalue weighted by Gasteiger charge is 2.49. The van der Waals surface area contributed by atoms with Gasteiger partial charge in [0.05, 0.1) is 11.6 Å². The molecule has 1 unspecified atom stereocenters. The van der Waals surface area contributed by atoms with Gasteiger partial charge in [0.15, 0.2) is 0 Å². The second-order valence-electron chi connectivity index (χ2n) is 4.45. The first-order chi connectivity index (χ1) is 7.51. The molecule has 0 aliphatic heterocycles. The number of phenolic OH excluding ortho intramolecular Hbond substituents is 1. The Morgan fingerprint density at radius 3 is 2.56 bits per heavy atom. The summed E-state index contributed by atoms with van der Waals surface area (Å²) in [5, 5.41) is 9.99. The smallest absolute Gasteiger partial charge is 0.133 e. The molecule has 1 aromatic carbocycles. The molecular formula is C12H16BrNO2. The molecule has 4 heteroatoms. The molecule has 1 atom stereocenters. The van der Waals surface area contributed by atoms with E-state index >= 15 is 0 Å². The first kappa shape index (κ1) is 11.7. The summed E-state index contributed by atoms with van der Waals surface area (Å²) in [5.41, 5.74) is 6.85. The van der Waals surface area contributed by atoms with Gasteiger partial charge in [-0.05, 0) is 47.8 Å². The van der Waals surface area contributed by atoms with E-state index in [1.165, 1.54) is 0 Å². The first-order valence-corrected chi connectivity index (χ1v) is 6.13. The van der Waals surface area contributed by atoms with E-state index in [1.807, 2.05) is 13.0 Å². The fourth-order valence-corrected chi connectivity index (χ4v) is 2.70. The molecule has 16 heavy (non-hydrogen) atoms. The minimum atomic E-state index is -0.0575. The molecule has 0 spiro atoms. The van der Waals surface area contributed by atoms with Gasteiger partial charge in [-0.25, -0.2) is 0 Å². The van der Waals surface area contributed by atoms with Crippen LogP contribution in [0, 0.1) is 0 Å². The Labute approximate surface area is 104 Å². The number of hydrogen-bond donors (Lipinski definition) is 2. The molecule has 0 heterocycles. The quantitative estimate of drug-likeness (QED) is 0.897. The van der Waals surface area contributed by atoms with E-state index in [1.54, 1.807) is 13.2 Å². The van der Waals surface area contributed by atoms with Crippen molar-refractivity contribution in [3.05, 3.63) is 22.2 Å². The zero-order valence-corrected chi connectivity index (χ0v) is 11.0. The van der Waals surface area contributed by atoms with Crippen LogP contribution in [0.15, 0.2) is 16.6 Å². The third-order valence-electron chi connectivity index (χ3n) is 3.47. The molecule has 1 aliphatic rings. The van der Waals surface area contributed by atoms with Gasteiger partial charge >= 0.3 is 0 Å². The highest BCUT2D eigenvalue weighted by atomic mass is 79.9. The first-order valence-electron chi connectivity index (χ1n) is 5.34. The van der Waals surface area contributed by atoms with Gasteiger partial charge in [-0.15, -0.1) is 0 Å². The third-order valence-corrected chi connectivity index (χ3v) is 4.09. The monoisotopic (exact) mass is 285 g/mol. The normalized spacial score (nSPS) is 19.2. The molecule has 1 saturated carbocycles. The Balaban J connectivity index is 2.49. The van der Waals surface area contributed by atoms with Crippen molar-refractivity contribution in [3.8, 4) is 11.5 Å². The maximum absolute atomic E-state index is 9.99. The Kier molecular flexibility index (Phi) is 2.88. The number of halogens is 1. The van der Waals surface area contributed by atoms with Crippen LogP contribution in [0.5, 0.6) is 11.5 Å². The number of phenols is 1. The van der Waals surface area contributed by atoms with Crippen LogP contribution in [0.2, 0.25) is 0 Å². The van der Waals surface area contributed by atoms with Gasteiger partial charge in [-0.2, -0.15) is 0 Å². The van der Waals surface area contributed by atoms with E-state index in [9.17, 15) is 5.11 Å². The van der Waals surface area contributed by atoms with Crippen LogP contribution in [-0.2, 0) is 5.41 Å². The highest BCUT2D eigenvalue weighted by Crippen LogP contribution is 2.54. The lowest BCUT2D eigenvalue weighted by atomic mass is 9.88. The van der Waals surface area contributed by atoms with Crippen molar-refractivity contribution in [2.45, 2.75) is 31.2 Å². The van der Waals surface area contributed by atoms with Crippen molar-refractivity contribution in [2.24, 2.45) is 5.73 Å². The van der Waals surface area contributed by atoms with Crippen LogP contribution in [0.25, 0.3) is 0 Å². The summed E-state index contributed by atoms with van der Waals surface area (Å²) in [5.74, 6) is 1.03. The summed E-state index contributed by atoms with van der Waals surface area (Å²) >= 11 is 3.35. The van der Waals surface area contributed by atoms with E-state index in [0.717, 1.165) is 28.6 Å². The summed E-state index contributed by atoms with van der Waals surface area (Å²) in [6.07, 6.45) is 2.06. The van der Waals surface area contributed by atoms with Gasteiger partial charge in [0.25, 0.3) is 0 Å². The lowest BCUT2D eigenvalue weighted by molar-refractivity contribution is 0.403. The number of aromatic hydroxyl groups is 1. The molecule has 0 bridgehead atoms. The molecule has 2 rings (SSSR count). The summed E-state index contributed by atoms with van der Waals surface area (Å²) in [6.45, 7) is 1.99. The lowest BCUT2D eigenvalue weighted by Crippen LogP contribution is -2.31. The number of ether oxygens (including phenoxy) is 1. The second kappa shape index (κ2) is 3.93. The molecule has 0 amide bonds. The summed E-state index contributed by atoms with van der Waals surface area (Å²) in [7, 11) is 1.62. The van der Waals surface area contributed by atoms with Crippen molar-refractivity contribution < 1.29 is 9.84 Å². The molecule has 0 saturated heterocycles. The van der Waals surface area contributed by atoms with Crippen LogP contribution in [0.1, 0.15) is 25.3 Å². The zero-order valence-electron chi connectivity index (χ0n) is 9.46. The fraction of sp³-hybridized carbons (Fsp3) is 0.500. The maximum Gasteiger partial charge on any atom is 0.133 e. The average molecular weight is 286 g/mol. The second-order valence-corrected chi connectivity index (χ2v) is 5.30. The number of nitrogens with two attached hydrogens (primary N) is 1. The SMILES string of the molecule is COc1cc(C2(C(C)N)CC2)c(O)cc1Br. The summed E-state index contributed by atoms with van der Waals surface area (Å²) in [6, 6.07) is 3.61. The molecule has 3 nitrogen and oxygen atoms in total. The van der Waals surface area contributed by atoms with Gasteiger partial charge in [0.2, 0.25) is 0 Å². The molecular weight excluding hydrogens is 270 g/mol. The van der Waals surface area contributed by atoms with Crippen molar-refractivity contribution >= 4 is 15.9 Å². The maximum atomic E-state index is 9.99. The number of methoxy groups -OCH3 is 1. The largest absolute Gasteiger partial charge is 0.508 e. The Bertz CT molecular complexity index is 414. The topological polar surface area (TPSA) is 55.5 Å². The highest BCUT2D eigenvalue weighted by molar-refractivity contribution is 9.10. The predicted octanol–water partition coefficient (Wildman–Crippen LogP) is 2.54. The molecule has 0 radical (unpaired) electrons. The van der Waals surface area contributed by atoms with E-state index in [-0.39, 0.29) is 11.5 Å². The third kappa shape index (κ3) is 1.70. The lowest BCUT2D eigenvalue weighted by Gasteiger charge is -2.22. The summed E-state index contributed by atoms with van der Waals surface area (Å²) in [4.78, 5) is 0. The molecule has 1 aliphatic carbocycles. The van der Waals surface area contributed by atoms with Crippen molar-refractivity contribution in [3.63, 3.8) is 0 Å². The Morgan fingerprint density at radius 1 is 1.50 bits per heavy atom. The van der Waals surface area contributed by atoms with E-state index in [2.05, 4.69) is 15.9 Å². The van der Waals surface area contributed by atoms with Gasteiger partial charge in [-0.3, -0.25) is 0 Å². The Hall–Kier alpha value is -0.740. The Morgan fingerprint density at radius 2 is 2.12 bits per heavy atom. The predicted molar refractivity (Wildman–Crippen MR) is 66.9 cm³/mol. The molecule has 3 N–H and O–H groups in total. The van der Waals surface area contributed by atoms with Crippen LogP contribution < -0.4 is 10.5 Å². The zero-order chi connectivity index (χ0) is 11.9. The average Bonchev–Trinajstić information content (AvgIpc) is 2.99. The minimum absolute atomic E-state index is 0.0456. The molecule has 1 aromatic rings. The van der Waals surface area contributed by atoms with Gasteiger partial charge in [-0.1, -0.05) is 0 Å². The van der Waals surface area contributed by atoms with Crippen molar-refractivity contribution in [1.82, 2.24) is 0 Å². The fourth-order valence-electron chi connectivity index (χ4n) is 2.20. The number of rotatable bonds is 3. The summed E-state index contributed by atoms with van der Waals surface area (Å²) < 4.78 is 6.01. The standard InChI is InChI=1S/C12H16BrNO2/c1-7(14)12(3-4-12)8-5-11(16-2)9(13)6-10(8)15/h5-7,15H,3-4,14H2,1-2H3.